The van der Waals surface area contributed by atoms with E-state index in [0.717, 1.165) is 23.7 Å². The zero-order chi connectivity index (χ0) is 8.29. The Morgan fingerprint density at radius 2 is 1.83 bits per heavy atom. The molecule has 0 aromatic rings. The fourth-order valence-corrected chi connectivity index (χ4v) is 3.84. The molecule has 2 heteroatoms. The van der Waals surface area contributed by atoms with E-state index in [2.05, 4.69) is 5.32 Å². The summed E-state index contributed by atoms with van der Waals surface area (Å²) in [6, 6.07) is 0. The van der Waals surface area contributed by atoms with Crippen molar-refractivity contribution in [3.8, 4) is 0 Å². The molecule has 3 saturated carbocycles. The first-order chi connectivity index (χ1) is 5.83. The molecule has 3 fully saturated rings. The van der Waals surface area contributed by atoms with Gasteiger partial charge in [0.1, 0.15) is 0 Å². The van der Waals surface area contributed by atoms with Crippen LogP contribution in [-0.4, -0.2) is 13.0 Å². The van der Waals surface area contributed by atoms with Crippen molar-refractivity contribution < 1.29 is 4.79 Å². The summed E-state index contributed by atoms with van der Waals surface area (Å²) in [5.74, 6) is 4.15. The molecule has 12 heavy (non-hydrogen) atoms. The van der Waals surface area contributed by atoms with Crippen molar-refractivity contribution in [2.75, 3.05) is 7.05 Å². The van der Waals surface area contributed by atoms with Gasteiger partial charge in [-0.1, -0.05) is 0 Å². The van der Waals surface area contributed by atoms with Crippen molar-refractivity contribution >= 4 is 5.91 Å². The Labute approximate surface area is 72.7 Å². The molecule has 4 unspecified atom stereocenters. The third kappa shape index (κ3) is 0.644. The van der Waals surface area contributed by atoms with E-state index in [4.69, 9.17) is 0 Å². The number of amides is 1. The van der Waals surface area contributed by atoms with Crippen LogP contribution in [0.4, 0.5) is 0 Å². The van der Waals surface area contributed by atoms with Gasteiger partial charge in [-0.3, -0.25) is 4.79 Å². The maximum Gasteiger partial charge on any atom is 0.223 e. The van der Waals surface area contributed by atoms with Gasteiger partial charge in [0.2, 0.25) is 5.91 Å². The predicted octanol–water partition coefficient (Wildman–Crippen LogP) is 1.02. The van der Waals surface area contributed by atoms with Gasteiger partial charge in [0.15, 0.2) is 0 Å². The smallest absolute Gasteiger partial charge is 0.223 e. The lowest BCUT2D eigenvalue weighted by atomic mass is 10.0. The Morgan fingerprint density at radius 3 is 2.33 bits per heavy atom. The van der Waals surface area contributed by atoms with Crippen LogP contribution in [0.25, 0.3) is 0 Å². The van der Waals surface area contributed by atoms with Gasteiger partial charge in [0.05, 0.1) is 0 Å². The highest BCUT2D eigenvalue weighted by molar-refractivity contribution is 5.82. The van der Waals surface area contributed by atoms with Crippen LogP contribution in [0.3, 0.4) is 0 Å². The van der Waals surface area contributed by atoms with E-state index in [0.29, 0.717) is 11.8 Å². The monoisotopic (exact) mass is 165 g/mol. The molecule has 0 heterocycles. The second-order valence-electron chi connectivity index (χ2n) is 4.63. The molecule has 4 atom stereocenters. The Balaban J connectivity index is 1.78. The standard InChI is InChI=1S/C10H15NO/c1-11-10(12)9-7-5-2-3-6(4-5)8(7)9/h5-9H,2-4H2,1H3,(H,11,12). The minimum Gasteiger partial charge on any atom is -0.359 e. The highest BCUT2D eigenvalue weighted by Gasteiger charge is 2.67. The van der Waals surface area contributed by atoms with Crippen LogP contribution >= 0.6 is 0 Å². The number of fused-ring (bicyclic) bond motifs is 5. The molecule has 2 nitrogen and oxygen atoms in total. The topological polar surface area (TPSA) is 29.1 Å². The minimum atomic E-state index is 0.307. The van der Waals surface area contributed by atoms with Crippen molar-refractivity contribution in [1.82, 2.24) is 5.32 Å². The second kappa shape index (κ2) is 2.04. The molecule has 0 aromatic heterocycles. The van der Waals surface area contributed by atoms with Gasteiger partial charge < -0.3 is 5.32 Å². The van der Waals surface area contributed by atoms with Gasteiger partial charge in [-0.2, -0.15) is 0 Å². The van der Waals surface area contributed by atoms with Gasteiger partial charge in [-0.05, 0) is 42.9 Å². The highest BCUT2D eigenvalue weighted by Crippen LogP contribution is 2.69. The summed E-state index contributed by atoms with van der Waals surface area (Å²) in [5, 5.41) is 2.79. The summed E-state index contributed by atoms with van der Waals surface area (Å²) >= 11 is 0. The fourth-order valence-electron chi connectivity index (χ4n) is 3.84. The number of hydrogen-bond acceptors (Lipinski definition) is 1. The van der Waals surface area contributed by atoms with E-state index in [-0.39, 0.29) is 0 Å². The summed E-state index contributed by atoms with van der Waals surface area (Å²) < 4.78 is 0. The molecule has 66 valence electrons. The van der Waals surface area contributed by atoms with E-state index in [1.54, 1.807) is 7.05 Å². The largest absolute Gasteiger partial charge is 0.359 e. The maximum atomic E-state index is 11.4. The lowest BCUT2D eigenvalue weighted by molar-refractivity contribution is -0.122. The highest BCUT2D eigenvalue weighted by atomic mass is 16.2. The molecule has 1 amide bonds. The Morgan fingerprint density at radius 1 is 1.25 bits per heavy atom. The van der Waals surface area contributed by atoms with Crippen molar-refractivity contribution in [3.63, 3.8) is 0 Å². The Bertz CT molecular complexity index is 222. The van der Waals surface area contributed by atoms with Gasteiger partial charge in [-0.15, -0.1) is 0 Å². The van der Waals surface area contributed by atoms with Crippen molar-refractivity contribution in [1.29, 1.82) is 0 Å². The zero-order valence-electron chi connectivity index (χ0n) is 7.42. The first-order valence-electron chi connectivity index (χ1n) is 5.04. The molecule has 3 rings (SSSR count). The molecule has 3 aliphatic carbocycles. The lowest BCUT2D eigenvalue weighted by Gasteiger charge is -2.06. The second-order valence-corrected chi connectivity index (χ2v) is 4.63. The minimum absolute atomic E-state index is 0.307. The molecule has 0 aromatic carbocycles. The molecule has 0 aliphatic heterocycles. The Hall–Kier alpha value is -0.530. The molecule has 1 N–H and O–H groups in total. The van der Waals surface area contributed by atoms with Gasteiger partial charge in [0.25, 0.3) is 0 Å². The first kappa shape index (κ1) is 6.93. The van der Waals surface area contributed by atoms with Crippen LogP contribution in [0, 0.1) is 29.6 Å². The third-order valence-electron chi connectivity index (χ3n) is 4.28. The molecule has 0 saturated heterocycles. The quantitative estimate of drug-likeness (QED) is 0.617. The van der Waals surface area contributed by atoms with Crippen molar-refractivity contribution in [3.05, 3.63) is 0 Å². The summed E-state index contributed by atoms with van der Waals surface area (Å²) in [6.07, 6.45) is 4.24. The molecular formula is C10H15NO. The molecular weight excluding hydrogens is 150 g/mol. The van der Waals surface area contributed by atoms with E-state index in [1.165, 1.54) is 19.3 Å². The average molecular weight is 165 g/mol. The van der Waals surface area contributed by atoms with Gasteiger partial charge in [-0.25, -0.2) is 0 Å². The summed E-state index contributed by atoms with van der Waals surface area (Å²) in [7, 11) is 1.76. The lowest BCUT2D eigenvalue weighted by Crippen LogP contribution is -2.23. The van der Waals surface area contributed by atoms with Crippen molar-refractivity contribution in [2.45, 2.75) is 19.3 Å². The van der Waals surface area contributed by atoms with Crippen LogP contribution in [0.2, 0.25) is 0 Å². The number of carbonyl (C=O) groups excluding carboxylic acids is 1. The fraction of sp³-hybridized carbons (Fsp3) is 0.900. The van der Waals surface area contributed by atoms with E-state index in [1.807, 2.05) is 0 Å². The molecule has 2 bridgehead atoms. The number of rotatable bonds is 1. The number of nitrogens with one attached hydrogen (secondary N) is 1. The maximum absolute atomic E-state index is 11.4. The van der Waals surface area contributed by atoms with Crippen LogP contribution in [0.15, 0.2) is 0 Å². The van der Waals surface area contributed by atoms with Gasteiger partial charge >= 0.3 is 0 Å². The molecule has 0 spiro atoms. The van der Waals surface area contributed by atoms with Crippen LogP contribution in [0.5, 0.6) is 0 Å². The third-order valence-corrected chi connectivity index (χ3v) is 4.28. The van der Waals surface area contributed by atoms with Gasteiger partial charge in [0, 0.05) is 13.0 Å². The summed E-state index contributed by atoms with van der Waals surface area (Å²) in [5.41, 5.74) is 0. The molecule has 3 aliphatic rings. The number of carbonyl (C=O) groups is 1. The first-order valence-corrected chi connectivity index (χ1v) is 5.04. The predicted molar refractivity (Wildman–Crippen MR) is 45.4 cm³/mol. The summed E-state index contributed by atoms with van der Waals surface area (Å²) in [4.78, 5) is 11.4. The Kier molecular flexibility index (Phi) is 1.18. The zero-order valence-corrected chi connectivity index (χ0v) is 7.42. The van der Waals surface area contributed by atoms with Crippen molar-refractivity contribution in [2.24, 2.45) is 29.6 Å². The molecule has 0 radical (unpaired) electrons. The average Bonchev–Trinajstić information content (AvgIpc) is 2.53. The summed E-state index contributed by atoms with van der Waals surface area (Å²) in [6.45, 7) is 0. The van der Waals surface area contributed by atoms with E-state index in [9.17, 15) is 4.79 Å². The normalized spacial score (nSPS) is 53.6. The van der Waals surface area contributed by atoms with Crippen LogP contribution in [0.1, 0.15) is 19.3 Å². The number of hydrogen-bond donors (Lipinski definition) is 1. The van der Waals surface area contributed by atoms with E-state index >= 15 is 0 Å². The van der Waals surface area contributed by atoms with Crippen LogP contribution in [-0.2, 0) is 4.79 Å². The van der Waals surface area contributed by atoms with Crippen LogP contribution < -0.4 is 5.32 Å². The SMILES string of the molecule is CNC(=O)C1C2C3CCC(C3)C12. The van der Waals surface area contributed by atoms with E-state index < -0.39 is 0 Å².